The van der Waals surface area contributed by atoms with Gasteiger partial charge in [-0.2, -0.15) is 14.6 Å². The van der Waals surface area contributed by atoms with Crippen molar-refractivity contribution in [3.05, 3.63) is 57.6 Å². The van der Waals surface area contributed by atoms with Crippen molar-refractivity contribution in [2.24, 2.45) is 0 Å². The van der Waals surface area contributed by atoms with Gasteiger partial charge in [0.25, 0.3) is 11.5 Å². The van der Waals surface area contributed by atoms with Crippen molar-refractivity contribution >= 4 is 29.1 Å². The number of rotatable bonds is 2. The van der Waals surface area contributed by atoms with Gasteiger partial charge < -0.3 is 5.32 Å². The second-order valence-corrected chi connectivity index (χ2v) is 4.41. The Morgan fingerprint density at radius 1 is 1.30 bits per heavy atom. The summed E-state index contributed by atoms with van der Waals surface area (Å²) < 4.78 is 1.33. The largest absolute Gasteiger partial charge is 0.306 e. The highest BCUT2D eigenvalue weighted by molar-refractivity contribution is 6.30. The van der Waals surface area contributed by atoms with Gasteiger partial charge in [0.1, 0.15) is 12.1 Å². The third kappa shape index (κ3) is 2.26. The highest BCUT2D eigenvalue weighted by Gasteiger charge is 2.10. The van der Waals surface area contributed by atoms with Crippen LogP contribution in [-0.4, -0.2) is 25.5 Å². The lowest BCUT2D eigenvalue weighted by atomic mass is 10.2. The maximum Gasteiger partial charge on any atom is 0.256 e. The van der Waals surface area contributed by atoms with Gasteiger partial charge in [-0.15, -0.1) is 0 Å². The average Bonchev–Trinajstić information content (AvgIpc) is 2.87. The van der Waals surface area contributed by atoms with E-state index in [-0.39, 0.29) is 23.1 Å². The van der Waals surface area contributed by atoms with Crippen LogP contribution in [0.15, 0.2) is 41.5 Å². The number of carbonyl (C=O) groups excluding carboxylic acids is 1. The van der Waals surface area contributed by atoms with Crippen molar-refractivity contribution in [3.63, 3.8) is 0 Å². The topological polar surface area (TPSA) is 92.1 Å². The minimum atomic E-state index is -0.378. The number of hydrogen-bond acceptors (Lipinski definition) is 4. The first kappa shape index (κ1) is 12.4. The molecule has 0 atom stereocenters. The molecule has 3 rings (SSSR count). The van der Waals surface area contributed by atoms with Gasteiger partial charge >= 0.3 is 0 Å². The summed E-state index contributed by atoms with van der Waals surface area (Å²) in [5.74, 6) is 0.120. The molecule has 8 heteroatoms. The Labute approximate surface area is 117 Å². The Balaban J connectivity index is 1.96. The van der Waals surface area contributed by atoms with Crippen LogP contribution in [0.3, 0.4) is 0 Å². The van der Waals surface area contributed by atoms with Crippen LogP contribution in [0, 0.1) is 0 Å². The lowest BCUT2D eigenvalue weighted by Gasteiger charge is -2.06. The monoisotopic (exact) mass is 289 g/mol. The van der Waals surface area contributed by atoms with Gasteiger partial charge in [-0.05, 0) is 24.3 Å². The summed E-state index contributed by atoms with van der Waals surface area (Å²) in [6.45, 7) is 0. The number of anilines is 1. The molecule has 1 aromatic carbocycles. The van der Waals surface area contributed by atoms with Crippen molar-refractivity contribution in [3.8, 4) is 0 Å². The van der Waals surface area contributed by atoms with E-state index in [9.17, 15) is 9.59 Å². The standard InChI is InChI=1S/C12H8ClN5O2/c13-8-3-1-7(2-4-8)11(20)16-9-5-10(19)17-12-14-6-15-18(9)12/h1-6H,(H,16,20)(H,14,15,17,19). The number of fused-ring (bicyclic) bond motifs is 1. The summed E-state index contributed by atoms with van der Waals surface area (Å²) >= 11 is 5.76. The molecular formula is C12H8ClN5O2. The maximum absolute atomic E-state index is 12.1. The minimum Gasteiger partial charge on any atom is -0.306 e. The van der Waals surface area contributed by atoms with Gasteiger partial charge in [-0.3, -0.25) is 14.6 Å². The Morgan fingerprint density at radius 3 is 2.80 bits per heavy atom. The van der Waals surface area contributed by atoms with E-state index in [2.05, 4.69) is 20.4 Å². The van der Waals surface area contributed by atoms with Crippen molar-refractivity contribution in [1.29, 1.82) is 0 Å². The number of aromatic amines is 1. The van der Waals surface area contributed by atoms with Gasteiger partial charge in [-0.1, -0.05) is 11.6 Å². The van der Waals surface area contributed by atoms with Gasteiger partial charge in [0.05, 0.1) is 0 Å². The van der Waals surface area contributed by atoms with Crippen LogP contribution in [-0.2, 0) is 0 Å². The summed E-state index contributed by atoms with van der Waals surface area (Å²) in [5, 5.41) is 7.06. The molecule has 0 aliphatic heterocycles. The Bertz CT molecular complexity index is 837. The minimum absolute atomic E-state index is 0.237. The average molecular weight is 290 g/mol. The zero-order valence-electron chi connectivity index (χ0n) is 10.0. The van der Waals surface area contributed by atoms with Gasteiger partial charge in [0, 0.05) is 16.7 Å². The number of nitrogens with zero attached hydrogens (tertiary/aromatic N) is 3. The molecule has 20 heavy (non-hydrogen) atoms. The predicted octanol–water partition coefficient (Wildman–Crippen LogP) is 1.32. The highest BCUT2D eigenvalue weighted by atomic mass is 35.5. The molecular weight excluding hydrogens is 282 g/mol. The molecule has 0 radical (unpaired) electrons. The normalized spacial score (nSPS) is 10.7. The zero-order valence-corrected chi connectivity index (χ0v) is 10.8. The molecule has 2 N–H and O–H groups in total. The maximum atomic E-state index is 12.1. The second-order valence-electron chi connectivity index (χ2n) is 3.98. The van der Waals surface area contributed by atoms with E-state index in [1.807, 2.05) is 0 Å². The SMILES string of the molecule is O=C(Nc1cc(=O)[nH]c2ncnn12)c1ccc(Cl)cc1. The molecule has 0 bridgehead atoms. The molecule has 0 saturated carbocycles. The summed E-state index contributed by atoms with van der Waals surface area (Å²) in [4.78, 5) is 29.9. The number of aromatic nitrogens is 4. The van der Waals surface area contributed by atoms with Crippen LogP contribution < -0.4 is 10.9 Å². The molecule has 3 aromatic rings. The van der Waals surface area contributed by atoms with Crippen LogP contribution in [0.5, 0.6) is 0 Å². The molecule has 0 aliphatic rings. The summed E-state index contributed by atoms with van der Waals surface area (Å²) in [7, 11) is 0. The van der Waals surface area contributed by atoms with Crippen molar-refractivity contribution < 1.29 is 4.79 Å². The number of amides is 1. The number of nitrogens with one attached hydrogen (secondary N) is 2. The van der Waals surface area contributed by atoms with E-state index in [1.54, 1.807) is 24.3 Å². The molecule has 2 heterocycles. The molecule has 0 saturated heterocycles. The third-order valence-electron chi connectivity index (χ3n) is 2.63. The molecule has 0 aliphatic carbocycles. The smallest absolute Gasteiger partial charge is 0.256 e. The first-order chi connectivity index (χ1) is 9.63. The number of carbonyl (C=O) groups is 1. The Morgan fingerprint density at radius 2 is 2.05 bits per heavy atom. The van der Waals surface area contributed by atoms with E-state index in [1.165, 1.54) is 16.9 Å². The highest BCUT2D eigenvalue weighted by Crippen LogP contribution is 2.11. The fourth-order valence-corrected chi connectivity index (χ4v) is 1.84. The molecule has 0 unspecified atom stereocenters. The van der Waals surface area contributed by atoms with Gasteiger partial charge in [0.15, 0.2) is 0 Å². The second kappa shape index (κ2) is 4.78. The lowest BCUT2D eigenvalue weighted by Crippen LogP contribution is -2.18. The number of hydrogen-bond donors (Lipinski definition) is 2. The van der Waals surface area contributed by atoms with E-state index in [0.717, 1.165) is 0 Å². The van der Waals surface area contributed by atoms with E-state index in [4.69, 9.17) is 11.6 Å². The number of H-pyrrole nitrogens is 1. The van der Waals surface area contributed by atoms with Crippen LogP contribution in [0.4, 0.5) is 5.82 Å². The zero-order chi connectivity index (χ0) is 14.1. The van der Waals surface area contributed by atoms with Crippen LogP contribution in [0.1, 0.15) is 10.4 Å². The van der Waals surface area contributed by atoms with Crippen molar-refractivity contribution in [2.45, 2.75) is 0 Å². The van der Waals surface area contributed by atoms with E-state index < -0.39 is 0 Å². The number of benzene rings is 1. The molecule has 7 nitrogen and oxygen atoms in total. The molecule has 1 amide bonds. The molecule has 0 spiro atoms. The fraction of sp³-hybridized carbons (Fsp3) is 0. The van der Waals surface area contributed by atoms with Crippen LogP contribution >= 0.6 is 11.6 Å². The summed E-state index contributed by atoms with van der Waals surface area (Å²) in [6, 6.07) is 7.63. The molecule has 2 aromatic heterocycles. The van der Waals surface area contributed by atoms with E-state index >= 15 is 0 Å². The first-order valence-corrected chi connectivity index (χ1v) is 6.01. The molecule has 0 fully saturated rings. The van der Waals surface area contributed by atoms with Crippen molar-refractivity contribution in [1.82, 2.24) is 19.6 Å². The predicted molar refractivity (Wildman–Crippen MR) is 73.0 cm³/mol. The van der Waals surface area contributed by atoms with Crippen LogP contribution in [0.25, 0.3) is 5.78 Å². The molecule has 100 valence electrons. The first-order valence-electron chi connectivity index (χ1n) is 5.63. The Kier molecular flexibility index (Phi) is 2.96. The Hall–Kier alpha value is -2.67. The quantitative estimate of drug-likeness (QED) is 0.744. The van der Waals surface area contributed by atoms with E-state index in [0.29, 0.717) is 10.6 Å². The van der Waals surface area contributed by atoms with Crippen molar-refractivity contribution in [2.75, 3.05) is 5.32 Å². The van der Waals surface area contributed by atoms with Crippen LogP contribution in [0.2, 0.25) is 5.02 Å². The van der Waals surface area contributed by atoms with Gasteiger partial charge in [0.2, 0.25) is 5.78 Å². The summed E-state index contributed by atoms with van der Waals surface area (Å²) in [5.41, 5.74) is 0.0415. The summed E-state index contributed by atoms with van der Waals surface area (Å²) in [6.07, 6.45) is 1.28. The lowest BCUT2D eigenvalue weighted by molar-refractivity contribution is 0.102. The van der Waals surface area contributed by atoms with Gasteiger partial charge in [-0.25, -0.2) is 0 Å². The number of halogens is 1. The fourth-order valence-electron chi connectivity index (χ4n) is 1.71. The third-order valence-corrected chi connectivity index (χ3v) is 2.88.